The summed E-state index contributed by atoms with van der Waals surface area (Å²) in [5.41, 5.74) is 1.07. The number of aromatic amines is 1. The van der Waals surface area contributed by atoms with Crippen molar-refractivity contribution in [1.82, 2.24) is 20.9 Å². The van der Waals surface area contributed by atoms with Crippen LogP contribution in [-0.2, 0) is 19.1 Å². The van der Waals surface area contributed by atoms with Crippen LogP contribution in [0.2, 0.25) is 5.02 Å². The number of nitrogens with one attached hydrogen (secondary N) is 4. The summed E-state index contributed by atoms with van der Waals surface area (Å²) < 4.78 is 4.84. The first-order chi connectivity index (χ1) is 15.8. The van der Waals surface area contributed by atoms with Gasteiger partial charge in [0, 0.05) is 28.4 Å². The quantitative estimate of drug-likeness (QED) is 0.412. The predicted octanol–water partition coefficient (Wildman–Crippen LogP) is 1.90. The van der Waals surface area contributed by atoms with Crippen LogP contribution in [0.1, 0.15) is 42.6 Å². The maximum absolute atomic E-state index is 13.1. The smallest absolute Gasteiger partial charge is 0.328 e. The third-order valence-corrected chi connectivity index (χ3v) is 6.44. The molecule has 1 saturated carbocycles. The van der Waals surface area contributed by atoms with Crippen molar-refractivity contribution >= 4 is 46.2 Å². The largest absolute Gasteiger partial charge is 0.467 e. The molecule has 1 aromatic carbocycles. The van der Waals surface area contributed by atoms with E-state index >= 15 is 0 Å². The van der Waals surface area contributed by atoms with Gasteiger partial charge in [-0.25, -0.2) is 4.79 Å². The summed E-state index contributed by atoms with van der Waals surface area (Å²) in [6.45, 7) is 0.543. The molecule has 1 aromatic heterocycles. The number of ether oxygens (including phenoxy) is 1. The van der Waals surface area contributed by atoms with E-state index in [1.807, 2.05) is 0 Å². The van der Waals surface area contributed by atoms with Gasteiger partial charge in [0.2, 0.25) is 11.8 Å². The Hall–Kier alpha value is -3.07. The summed E-state index contributed by atoms with van der Waals surface area (Å²) in [4.78, 5) is 53.3. The molecule has 33 heavy (non-hydrogen) atoms. The molecule has 2 unspecified atom stereocenters. The van der Waals surface area contributed by atoms with E-state index in [2.05, 4.69) is 20.9 Å². The molecule has 0 radical (unpaired) electrons. The lowest BCUT2D eigenvalue weighted by Gasteiger charge is -2.23. The van der Waals surface area contributed by atoms with Crippen LogP contribution in [0, 0.1) is 11.8 Å². The van der Waals surface area contributed by atoms with Gasteiger partial charge in [0.1, 0.15) is 17.8 Å². The van der Waals surface area contributed by atoms with E-state index in [4.69, 9.17) is 16.3 Å². The molecule has 10 heteroatoms. The molecule has 176 valence electrons. The zero-order chi connectivity index (χ0) is 23.5. The number of methoxy groups -OCH3 is 1. The van der Waals surface area contributed by atoms with Crippen molar-refractivity contribution in [3.8, 4) is 0 Å². The summed E-state index contributed by atoms with van der Waals surface area (Å²) in [7, 11) is 1.24. The number of carbonyl (C=O) groups is 4. The molecular weight excluding hydrogens is 448 g/mol. The van der Waals surface area contributed by atoms with Crippen LogP contribution in [-0.4, -0.2) is 54.4 Å². The van der Waals surface area contributed by atoms with Gasteiger partial charge in [-0.1, -0.05) is 24.4 Å². The third kappa shape index (κ3) is 5.65. The van der Waals surface area contributed by atoms with Gasteiger partial charge in [0.15, 0.2) is 0 Å². The van der Waals surface area contributed by atoms with Crippen molar-refractivity contribution in [2.75, 3.05) is 13.7 Å². The fourth-order valence-corrected chi connectivity index (χ4v) is 4.34. The van der Waals surface area contributed by atoms with E-state index in [1.54, 1.807) is 24.3 Å². The van der Waals surface area contributed by atoms with E-state index in [-0.39, 0.29) is 18.2 Å². The number of hydrogen-bond acceptors (Lipinski definition) is 5. The van der Waals surface area contributed by atoms with E-state index in [0.29, 0.717) is 36.0 Å². The van der Waals surface area contributed by atoms with Gasteiger partial charge in [-0.2, -0.15) is 0 Å². The number of halogens is 1. The molecule has 0 bridgehead atoms. The highest BCUT2D eigenvalue weighted by Gasteiger charge is 2.35. The molecular formula is C23H27ClN4O5. The van der Waals surface area contributed by atoms with Gasteiger partial charge in [0.05, 0.1) is 7.11 Å². The number of fused-ring (bicyclic) bond motifs is 1. The first-order valence-electron chi connectivity index (χ1n) is 11.1. The van der Waals surface area contributed by atoms with Gasteiger partial charge in [0.25, 0.3) is 5.91 Å². The first kappa shape index (κ1) is 23.1. The summed E-state index contributed by atoms with van der Waals surface area (Å²) in [6, 6.07) is 5.15. The van der Waals surface area contributed by atoms with Crippen molar-refractivity contribution in [3.05, 3.63) is 35.0 Å². The average Bonchev–Trinajstić information content (AvgIpc) is 3.37. The Morgan fingerprint density at radius 3 is 2.58 bits per heavy atom. The molecule has 2 fully saturated rings. The minimum atomic E-state index is -0.967. The van der Waals surface area contributed by atoms with Crippen molar-refractivity contribution in [3.63, 3.8) is 0 Å². The molecule has 1 aliphatic heterocycles. The monoisotopic (exact) mass is 474 g/mol. The molecule has 9 nitrogen and oxygen atoms in total. The maximum Gasteiger partial charge on any atom is 0.328 e. The lowest BCUT2D eigenvalue weighted by molar-refractivity contribution is -0.146. The average molecular weight is 475 g/mol. The standard InChI is InChI=1S/C23H27ClN4O5/c1-33-23(32)19(10-13-6-7-25-20(13)29)28-21(30)17(8-12-2-3-12)27-22(31)18-11-14-9-15(24)4-5-16(14)26-18/h4-5,9,11-13,17,19,26H,2-3,6-8,10H2,1H3,(H,25,29)(H,27,31)(H,28,30)/t13-,17?,19?/m0/s1. The minimum Gasteiger partial charge on any atom is -0.467 e. The fraction of sp³-hybridized carbons (Fsp3) is 0.478. The van der Waals surface area contributed by atoms with Crippen LogP contribution >= 0.6 is 11.6 Å². The van der Waals surface area contributed by atoms with Gasteiger partial charge < -0.3 is 25.7 Å². The normalized spacial score (nSPS) is 19.6. The Bertz CT molecular complexity index is 1080. The molecule has 2 aromatic rings. The van der Waals surface area contributed by atoms with Crippen molar-refractivity contribution in [1.29, 1.82) is 0 Å². The summed E-state index contributed by atoms with van der Waals surface area (Å²) in [5, 5.41) is 9.58. The molecule has 3 atom stereocenters. The van der Waals surface area contributed by atoms with E-state index in [9.17, 15) is 19.2 Å². The highest BCUT2D eigenvalue weighted by atomic mass is 35.5. The summed E-state index contributed by atoms with van der Waals surface area (Å²) in [5.74, 6) is -1.67. The molecule has 1 aliphatic carbocycles. The summed E-state index contributed by atoms with van der Waals surface area (Å²) >= 11 is 6.02. The van der Waals surface area contributed by atoms with Crippen molar-refractivity contribution in [2.45, 2.75) is 44.2 Å². The lowest BCUT2D eigenvalue weighted by atomic mass is 9.97. The lowest BCUT2D eigenvalue weighted by Crippen LogP contribution is -2.52. The number of benzene rings is 1. The topological polar surface area (TPSA) is 129 Å². The van der Waals surface area contributed by atoms with Crippen LogP contribution in [0.15, 0.2) is 24.3 Å². The zero-order valence-electron chi connectivity index (χ0n) is 18.3. The van der Waals surface area contributed by atoms with E-state index in [0.717, 1.165) is 23.7 Å². The SMILES string of the molecule is COC(=O)C(C[C@@H]1CCNC1=O)NC(=O)C(CC1CC1)NC(=O)c1cc2cc(Cl)ccc2[nH]1. The number of rotatable bonds is 9. The van der Waals surface area contributed by atoms with Gasteiger partial charge in [-0.05, 0) is 49.4 Å². The van der Waals surface area contributed by atoms with Gasteiger partial charge >= 0.3 is 5.97 Å². The number of hydrogen-bond donors (Lipinski definition) is 4. The molecule has 1 saturated heterocycles. The molecule has 4 N–H and O–H groups in total. The molecule has 2 heterocycles. The first-order valence-corrected chi connectivity index (χ1v) is 11.5. The Kier molecular flexibility index (Phi) is 6.88. The Morgan fingerprint density at radius 1 is 1.12 bits per heavy atom. The molecule has 0 spiro atoms. The minimum absolute atomic E-state index is 0.139. The van der Waals surface area contributed by atoms with Crippen LogP contribution in [0.3, 0.4) is 0 Å². The Balaban J connectivity index is 1.46. The Labute approximate surface area is 195 Å². The molecule has 4 rings (SSSR count). The van der Waals surface area contributed by atoms with E-state index in [1.165, 1.54) is 7.11 Å². The van der Waals surface area contributed by atoms with Gasteiger partial charge in [-0.15, -0.1) is 0 Å². The second-order valence-electron chi connectivity index (χ2n) is 8.72. The van der Waals surface area contributed by atoms with Gasteiger partial charge in [-0.3, -0.25) is 14.4 Å². The third-order valence-electron chi connectivity index (χ3n) is 6.20. The predicted molar refractivity (Wildman–Crippen MR) is 122 cm³/mol. The number of carbonyl (C=O) groups excluding carboxylic acids is 4. The van der Waals surface area contributed by atoms with Crippen LogP contribution in [0.25, 0.3) is 10.9 Å². The highest BCUT2D eigenvalue weighted by molar-refractivity contribution is 6.31. The fourth-order valence-electron chi connectivity index (χ4n) is 4.16. The van der Waals surface area contributed by atoms with Crippen LogP contribution in [0.4, 0.5) is 0 Å². The number of amides is 3. The van der Waals surface area contributed by atoms with Crippen molar-refractivity contribution in [2.24, 2.45) is 11.8 Å². The van der Waals surface area contributed by atoms with Crippen LogP contribution in [0.5, 0.6) is 0 Å². The summed E-state index contributed by atoms with van der Waals surface area (Å²) in [6.07, 6.45) is 3.20. The number of esters is 1. The number of H-pyrrole nitrogens is 1. The zero-order valence-corrected chi connectivity index (χ0v) is 19.0. The van der Waals surface area contributed by atoms with Crippen LogP contribution < -0.4 is 16.0 Å². The van der Waals surface area contributed by atoms with E-state index < -0.39 is 29.9 Å². The molecule has 2 aliphatic rings. The maximum atomic E-state index is 13.1. The molecule has 3 amide bonds. The number of aromatic nitrogens is 1. The van der Waals surface area contributed by atoms with Crippen molar-refractivity contribution < 1.29 is 23.9 Å². The highest BCUT2D eigenvalue weighted by Crippen LogP contribution is 2.33. The second kappa shape index (κ2) is 9.82. The Morgan fingerprint density at radius 2 is 1.91 bits per heavy atom. The second-order valence-corrected chi connectivity index (χ2v) is 9.15.